The Morgan fingerprint density at radius 2 is 2.32 bits per heavy atom. The Morgan fingerprint density at radius 1 is 1.47 bits per heavy atom. The monoisotopic (exact) mass is 283 g/mol. The average Bonchev–Trinajstić information content (AvgIpc) is 2.81. The molecule has 1 aromatic heterocycles. The lowest BCUT2D eigenvalue weighted by Crippen LogP contribution is -2.38. The lowest BCUT2D eigenvalue weighted by molar-refractivity contribution is -0.0282. The number of aromatic nitrogens is 1. The summed E-state index contributed by atoms with van der Waals surface area (Å²) in [6, 6.07) is 0. The predicted molar refractivity (Wildman–Crippen MR) is 79.7 cm³/mol. The number of nitrogens with zero attached hydrogens (tertiary/aromatic N) is 2. The van der Waals surface area contributed by atoms with Gasteiger partial charge in [0.05, 0.1) is 12.3 Å². The molecule has 1 unspecified atom stereocenters. The molecule has 0 spiro atoms. The minimum atomic E-state index is 0.164. The summed E-state index contributed by atoms with van der Waals surface area (Å²) in [6.45, 7) is 12.4. The van der Waals surface area contributed by atoms with Gasteiger partial charge in [0.25, 0.3) is 0 Å². The van der Waals surface area contributed by atoms with Crippen LogP contribution in [0.2, 0.25) is 0 Å². The van der Waals surface area contributed by atoms with E-state index in [1.165, 1.54) is 11.3 Å². The van der Waals surface area contributed by atoms with Crippen molar-refractivity contribution in [3.8, 4) is 0 Å². The summed E-state index contributed by atoms with van der Waals surface area (Å²) in [5.74, 6) is 0. The smallest absolute Gasteiger partial charge is 0.123 e. The van der Waals surface area contributed by atoms with Gasteiger partial charge in [-0.25, -0.2) is 4.98 Å². The lowest BCUT2D eigenvalue weighted by atomic mass is 10.3. The fourth-order valence-corrected chi connectivity index (χ4v) is 3.35. The Kier molecular flexibility index (Phi) is 5.76. The van der Waals surface area contributed by atoms with Gasteiger partial charge in [-0.2, -0.15) is 0 Å². The van der Waals surface area contributed by atoms with Crippen LogP contribution in [0.25, 0.3) is 0 Å². The number of ether oxygens (including phenoxy) is 1. The van der Waals surface area contributed by atoms with E-state index in [2.05, 4.69) is 31.0 Å². The number of thiazole rings is 1. The predicted octanol–water partition coefficient (Wildman–Crippen LogP) is 2.34. The van der Waals surface area contributed by atoms with E-state index in [0.717, 1.165) is 50.0 Å². The summed E-state index contributed by atoms with van der Waals surface area (Å²) < 4.78 is 5.88. The highest BCUT2D eigenvalue weighted by atomic mass is 32.1. The van der Waals surface area contributed by atoms with Gasteiger partial charge >= 0.3 is 0 Å². The largest absolute Gasteiger partial charge is 0.368 e. The number of aryl methyl sites for hydroxylation is 1. The maximum Gasteiger partial charge on any atom is 0.123 e. The molecule has 0 bridgehead atoms. The van der Waals surface area contributed by atoms with Crippen molar-refractivity contribution in [2.24, 2.45) is 0 Å². The summed E-state index contributed by atoms with van der Waals surface area (Å²) in [7, 11) is 0. The van der Waals surface area contributed by atoms with Gasteiger partial charge in [0, 0.05) is 24.5 Å². The highest BCUT2D eigenvalue weighted by Crippen LogP contribution is 2.28. The molecule has 0 radical (unpaired) electrons. The second-order valence-corrected chi connectivity index (χ2v) is 6.11. The fraction of sp³-hybridized carbons (Fsp3) is 0.786. The summed E-state index contributed by atoms with van der Waals surface area (Å²) in [6.07, 6.45) is 1.33. The van der Waals surface area contributed by atoms with Crippen molar-refractivity contribution >= 4 is 11.3 Å². The first kappa shape index (κ1) is 14.9. The molecule has 0 aromatic carbocycles. The number of hydrogen-bond acceptors (Lipinski definition) is 5. The Labute approximate surface area is 120 Å². The van der Waals surface area contributed by atoms with Gasteiger partial charge < -0.3 is 10.1 Å². The SMILES string of the molecule is CCCNCc1sc(C2CN(CC)CCO2)nc1C. The molecule has 4 nitrogen and oxygen atoms in total. The van der Waals surface area contributed by atoms with E-state index < -0.39 is 0 Å². The van der Waals surface area contributed by atoms with E-state index >= 15 is 0 Å². The van der Waals surface area contributed by atoms with E-state index in [1.54, 1.807) is 11.3 Å². The third kappa shape index (κ3) is 3.99. The van der Waals surface area contributed by atoms with Gasteiger partial charge in [0.15, 0.2) is 0 Å². The zero-order chi connectivity index (χ0) is 13.7. The average molecular weight is 283 g/mol. The van der Waals surface area contributed by atoms with Gasteiger partial charge in [-0.15, -0.1) is 11.3 Å². The van der Waals surface area contributed by atoms with Crippen LogP contribution in [0.3, 0.4) is 0 Å². The fourth-order valence-electron chi connectivity index (χ4n) is 2.27. The van der Waals surface area contributed by atoms with E-state index in [0.29, 0.717) is 0 Å². The van der Waals surface area contributed by atoms with E-state index in [9.17, 15) is 0 Å². The van der Waals surface area contributed by atoms with Gasteiger partial charge in [-0.05, 0) is 26.4 Å². The number of nitrogens with one attached hydrogen (secondary N) is 1. The van der Waals surface area contributed by atoms with Crippen LogP contribution < -0.4 is 5.32 Å². The highest BCUT2D eigenvalue weighted by Gasteiger charge is 2.24. The maximum atomic E-state index is 5.88. The number of morpholine rings is 1. The second kappa shape index (κ2) is 7.33. The molecule has 1 aliphatic rings. The Balaban J connectivity index is 1.98. The zero-order valence-corrected chi connectivity index (χ0v) is 13.1. The highest BCUT2D eigenvalue weighted by molar-refractivity contribution is 7.11. The minimum absolute atomic E-state index is 0.164. The van der Waals surface area contributed by atoms with Crippen molar-refractivity contribution in [3.05, 3.63) is 15.6 Å². The minimum Gasteiger partial charge on any atom is -0.368 e. The van der Waals surface area contributed by atoms with E-state index in [4.69, 9.17) is 9.72 Å². The number of rotatable bonds is 6. The third-order valence-corrected chi connectivity index (χ3v) is 4.74. The Bertz CT molecular complexity index is 394. The van der Waals surface area contributed by atoms with Gasteiger partial charge in [-0.1, -0.05) is 13.8 Å². The molecule has 1 aromatic rings. The summed E-state index contributed by atoms with van der Waals surface area (Å²) >= 11 is 1.80. The van der Waals surface area contributed by atoms with Crippen LogP contribution in [-0.2, 0) is 11.3 Å². The molecule has 1 N–H and O–H groups in total. The van der Waals surface area contributed by atoms with E-state index in [1.807, 2.05) is 0 Å². The molecule has 0 amide bonds. The van der Waals surface area contributed by atoms with Gasteiger partial charge in [0.2, 0.25) is 0 Å². The first-order valence-corrected chi connectivity index (χ1v) is 8.07. The quantitative estimate of drug-likeness (QED) is 0.813. The van der Waals surface area contributed by atoms with Crippen molar-refractivity contribution in [3.63, 3.8) is 0 Å². The molecule has 19 heavy (non-hydrogen) atoms. The number of hydrogen-bond donors (Lipinski definition) is 1. The molecule has 2 heterocycles. The summed E-state index contributed by atoms with van der Waals surface area (Å²) in [5.41, 5.74) is 1.15. The standard InChI is InChI=1S/C14H25N3OS/c1-4-6-15-9-13-11(3)16-14(19-13)12-10-17(5-2)7-8-18-12/h12,15H,4-10H2,1-3H3. The van der Waals surface area contributed by atoms with Gasteiger partial charge in [0.1, 0.15) is 11.1 Å². The van der Waals surface area contributed by atoms with Crippen LogP contribution in [0.15, 0.2) is 0 Å². The molecule has 1 fully saturated rings. The van der Waals surface area contributed by atoms with Crippen molar-refractivity contribution < 1.29 is 4.74 Å². The lowest BCUT2D eigenvalue weighted by Gasteiger charge is -2.30. The van der Waals surface area contributed by atoms with Crippen molar-refractivity contribution in [2.75, 3.05) is 32.8 Å². The van der Waals surface area contributed by atoms with Gasteiger partial charge in [-0.3, -0.25) is 4.90 Å². The first-order valence-electron chi connectivity index (χ1n) is 7.25. The maximum absolute atomic E-state index is 5.88. The van der Waals surface area contributed by atoms with Crippen LogP contribution in [-0.4, -0.2) is 42.7 Å². The summed E-state index contributed by atoms with van der Waals surface area (Å²) in [4.78, 5) is 8.49. The van der Waals surface area contributed by atoms with Crippen molar-refractivity contribution in [2.45, 2.75) is 39.8 Å². The van der Waals surface area contributed by atoms with E-state index in [-0.39, 0.29) is 6.10 Å². The Morgan fingerprint density at radius 3 is 3.05 bits per heavy atom. The molecule has 1 aliphatic heterocycles. The third-order valence-electron chi connectivity index (χ3n) is 3.49. The normalized spacial score (nSPS) is 20.9. The molecule has 5 heteroatoms. The Hall–Kier alpha value is -0.490. The molecule has 1 atom stereocenters. The van der Waals surface area contributed by atoms with Crippen LogP contribution in [0.4, 0.5) is 0 Å². The molecular formula is C14H25N3OS. The molecular weight excluding hydrogens is 258 g/mol. The van der Waals surface area contributed by atoms with Crippen molar-refractivity contribution in [1.82, 2.24) is 15.2 Å². The van der Waals surface area contributed by atoms with Crippen molar-refractivity contribution in [1.29, 1.82) is 0 Å². The van der Waals surface area contributed by atoms with Crippen LogP contribution in [0.5, 0.6) is 0 Å². The topological polar surface area (TPSA) is 37.4 Å². The zero-order valence-electron chi connectivity index (χ0n) is 12.2. The van der Waals surface area contributed by atoms with Crippen LogP contribution in [0, 0.1) is 6.92 Å². The molecule has 0 aliphatic carbocycles. The molecule has 1 saturated heterocycles. The van der Waals surface area contributed by atoms with Crippen LogP contribution in [0.1, 0.15) is 42.0 Å². The summed E-state index contributed by atoms with van der Waals surface area (Å²) in [5, 5.41) is 4.59. The van der Waals surface area contributed by atoms with Crippen LogP contribution >= 0.6 is 11.3 Å². The molecule has 108 valence electrons. The first-order chi connectivity index (χ1) is 9.24. The second-order valence-electron chi connectivity index (χ2n) is 4.99. The number of likely N-dealkylation sites (N-methyl/N-ethyl adjacent to an activating group) is 1. The molecule has 2 rings (SSSR count). The molecule has 0 saturated carbocycles.